The quantitative estimate of drug-likeness (QED) is 0.299. The molecule has 2 aliphatic carbocycles. The summed E-state index contributed by atoms with van der Waals surface area (Å²) in [5, 5.41) is 6.61. The van der Waals surface area contributed by atoms with Crippen LogP contribution in [-0.4, -0.2) is 69.1 Å². The van der Waals surface area contributed by atoms with Gasteiger partial charge in [-0.2, -0.15) is 0 Å². The average molecular weight is 438 g/mol. The fourth-order valence-electron chi connectivity index (χ4n) is 5.64. The Hall–Kier alpha value is -2.87. The van der Waals surface area contributed by atoms with Crippen molar-refractivity contribution in [1.82, 2.24) is 15.5 Å². The summed E-state index contributed by atoms with van der Waals surface area (Å²) in [6.45, 7) is 4.76. The van der Waals surface area contributed by atoms with Crippen LogP contribution in [0.1, 0.15) is 12.0 Å². The monoisotopic (exact) mass is 437 g/mol. The van der Waals surface area contributed by atoms with E-state index in [4.69, 9.17) is 4.74 Å². The molecule has 170 valence electrons. The number of amides is 2. The van der Waals surface area contributed by atoms with E-state index in [1.807, 2.05) is 6.07 Å². The smallest absolute Gasteiger partial charge is 0.233 e. The lowest BCUT2D eigenvalue weighted by molar-refractivity contribution is -0.140. The largest absolute Gasteiger partial charge is 0.378 e. The number of ether oxygens (including phenoxy) is 1. The van der Waals surface area contributed by atoms with E-state index in [2.05, 4.69) is 50.9 Å². The molecule has 2 bridgehead atoms. The Balaban J connectivity index is 1.14. The first-order valence-electron chi connectivity index (χ1n) is 11.6. The number of allylic oxidation sites excluding steroid dienone is 2. The summed E-state index contributed by atoms with van der Waals surface area (Å²) < 4.78 is 5.48. The summed E-state index contributed by atoms with van der Waals surface area (Å²) in [6, 6.07) is 8.36. The van der Waals surface area contributed by atoms with E-state index in [1.54, 1.807) is 7.05 Å². The van der Waals surface area contributed by atoms with E-state index >= 15 is 0 Å². The molecule has 2 saturated heterocycles. The molecule has 0 spiro atoms. The minimum absolute atomic E-state index is 0.000958. The predicted octanol–water partition coefficient (Wildman–Crippen LogP) is 0.995. The first-order valence-corrected chi connectivity index (χ1v) is 11.6. The molecule has 2 aliphatic heterocycles. The number of nitrogens with one attached hydrogen (secondary N) is 2. The van der Waals surface area contributed by atoms with Crippen LogP contribution in [0.15, 0.2) is 41.4 Å². The molecule has 1 aromatic carbocycles. The van der Waals surface area contributed by atoms with Gasteiger partial charge in [-0.25, -0.2) is 0 Å². The third kappa shape index (κ3) is 3.77. The van der Waals surface area contributed by atoms with E-state index in [1.165, 1.54) is 16.2 Å². The highest BCUT2D eigenvalue weighted by Crippen LogP contribution is 2.52. The Morgan fingerprint density at radius 1 is 1.06 bits per heavy atom. The van der Waals surface area contributed by atoms with Crippen LogP contribution in [0.25, 0.3) is 0 Å². The van der Waals surface area contributed by atoms with Gasteiger partial charge < -0.3 is 20.3 Å². The molecule has 2 heterocycles. The number of carbonyl (C=O) groups excluding carboxylic acids is 2. The number of carbonyl (C=O) groups is 2. The summed E-state index contributed by atoms with van der Waals surface area (Å²) >= 11 is 0. The number of aliphatic imine (C=N–C) groups is 1. The lowest BCUT2D eigenvalue weighted by Crippen LogP contribution is -2.43. The van der Waals surface area contributed by atoms with Crippen molar-refractivity contribution in [2.75, 3.05) is 51.3 Å². The summed E-state index contributed by atoms with van der Waals surface area (Å²) in [5.41, 5.74) is 2.40. The minimum Gasteiger partial charge on any atom is -0.378 e. The van der Waals surface area contributed by atoms with Gasteiger partial charge in [0.05, 0.1) is 25.0 Å². The molecular weight excluding hydrogens is 406 g/mol. The fraction of sp³-hybridized carbons (Fsp3) is 0.542. The number of anilines is 1. The molecule has 8 nitrogen and oxygen atoms in total. The van der Waals surface area contributed by atoms with Gasteiger partial charge in [0.1, 0.15) is 0 Å². The number of para-hydroxylation sites is 1. The zero-order chi connectivity index (χ0) is 22.1. The second-order valence-electron chi connectivity index (χ2n) is 8.91. The van der Waals surface area contributed by atoms with Crippen LogP contribution in [0, 0.1) is 23.7 Å². The highest BCUT2D eigenvalue weighted by Gasteiger charge is 2.58. The number of hydrogen-bond donors (Lipinski definition) is 2. The Kier molecular flexibility index (Phi) is 5.87. The van der Waals surface area contributed by atoms with Crippen molar-refractivity contribution in [3.63, 3.8) is 0 Å². The second kappa shape index (κ2) is 8.94. The minimum atomic E-state index is -0.133. The number of hydrogen-bond acceptors (Lipinski definition) is 5. The number of benzene rings is 1. The lowest BCUT2D eigenvalue weighted by Gasteiger charge is -2.30. The number of rotatable bonds is 6. The molecule has 2 N–H and O–H groups in total. The van der Waals surface area contributed by atoms with Gasteiger partial charge in [0.2, 0.25) is 11.8 Å². The van der Waals surface area contributed by atoms with Crippen molar-refractivity contribution in [3.8, 4) is 0 Å². The van der Waals surface area contributed by atoms with Crippen molar-refractivity contribution in [1.29, 1.82) is 0 Å². The van der Waals surface area contributed by atoms with Gasteiger partial charge in [-0.1, -0.05) is 30.4 Å². The van der Waals surface area contributed by atoms with Gasteiger partial charge in [-0.3, -0.25) is 19.5 Å². The predicted molar refractivity (Wildman–Crippen MR) is 122 cm³/mol. The Morgan fingerprint density at radius 2 is 1.75 bits per heavy atom. The van der Waals surface area contributed by atoms with Crippen LogP contribution < -0.4 is 15.5 Å². The molecule has 1 aromatic rings. The molecule has 8 heteroatoms. The van der Waals surface area contributed by atoms with E-state index in [0.717, 1.165) is 32.7 Å². The zero-order valence-corrected chi connectivity index (χ0v) is 18.5. The lowest BCUT2D eigenvalue weighted by atomic mass is 9.85. The van der Waals surface area contributed by atoms with Crippen LogP contribution in [0.4, 0.5) is 5.69 Å². The van der Waals surface area contributed by atoms with E-state index in [-0.39, 0.29) is 35.5 Å². The topological polar surface area (TPSA) is 86.3 Å². The first-order chi connectivity index (χ1) is 15.7. The highest BCUT2D eigenvalue weighted by molar-refractivity contribution is 6.06. The fourth-order valence-corrected chi connectivity index (χ4v) is 5.64. The maximum Gasteiger partial charge on any atom is 0.233 e. The van der Waals surface area contributed by atoms with E-state index < -0.39 is 0 Å². The first kappa shape index (κ1) is 21.0. The van der Waals surface area contributed by atoms with Crippen LogP contribution in [0.2, 0.25) is 0 Å². The number of likely N-dealkylation sites (tertiary alicyclic amines) is 1. The van der Waals surface area contributed by atoms with E-state index in [0.29, 0.717) is 25.6 Å². The molecule has 2 amide bonds. The van der Waals surface area contributed by atoms with Crippen molar-refractivity contribution >= 4 is 23.5 Å². The molecule has 4 unspecified atom stereocenters. The van der Waals surface area contributed by atoms with Crippen molar-refractivity contribution in [2.45, 2.75) is 13.0 Å². The number of fused-ring (bicyclic) bond motifs is 5. The van der Waals surface area contributed by atoms with Crippen LogP contribution in [-0.2, 0) is 20.9 Å². The van der Waals surface area contributed by atoms with Gasteiger partial charge in [0, 0.05) is 45.5 Å². The summed E-state index contributed by atoms with van der Waals surface area (Å²) in [7, 11) is 1.73. The molecule has 4 atom stereocenters. The third-order valence-electron chi connectivity index (χ3n) is 7.20. The third-order valence-corrected chi connectivity index (χ3v) is 7.20. The number of nitrogens with zero attached hydrogens (tertiary/aromatic N) is 3. The van der Waals surface area contributed by atoms with Crippen LogP contribution in [0.3, 0.4) is 0 Å². The van der Waals surface area contributed by atoms with Gasteiger partial charge >= 0.3 is 0 Å². The molecule has 0 radical (unpaired) electrons. The maximum atomic E-state index is 12.8. The molecule has 0 aromatic heterocycles. The van der Waals surface area contributed by atoms with E-state index in [9.17, 15) is 9.59 Å². The van der Waals surface area contributed by atoms with Gasteiger partial charge in [0.25, 0.3) is 0 Å². The Morgan fingerprint density at radius 3 is 2.44 bits per heavy atom. The van der Waals surface area contributed by atoms with Crippen LogP contribution in [0.5, 0.6) is 0 Å². The van der Waals surface area contributed by atoms with Gasteiger partial charge in [-0.05, 0) is 29.9 Å². The SMILES string of the molecule is CN=C(NCCN1C(=O)C2C3C=CC(C3)C2C1=O)NCc1ccccc1N1CCOCC1. The normalized spacial score (nSPS) is 29.1. The summed E-state index contributed by atoms with van der Waals surface area (Å²) in [5.74, 6) is 0.892. The van der Waals surface area contributed by atoms with Crippen molar-refractivity contribution in [3.05, 3.63) is 42.0 Å². The van der Waals surface area contributed by atoms with Crippen LogP contribution >= 0.6 is 0 Å². The highest BCUT2D eigenvalue weighted by atomic mass is 16.5. The molecule has 5 rings (SSSR count). The molecule has 3 fully saturated rings. The maximum absolute atomic E-state index is 12.8. The molecule has 4 aliphatic rings. The van der Waals surface area contributed by atoms with Crippen molar-refractivity contribution in [2.24, 2.45) is 28.7 Å². The second-order valence-corrected chi connectivity index (χ2v) is 8.91. The standard InChI is InChI=1S/C24H31N5O3/c1-25-24(27-15-18-4-2-3-5-19(18)28-10-12-32-13-11-28)26-8-9-29-22(30)20-16-6-7-17(14-16)21(20)23(29)31/h2-7,16-17,20-21H,8-15H2,1H3,(H2,25,26,27). The molecular formula is C24H31N5O3. The number of morpholine rings is 1. The van der Waals surface area contributed by atoms with Crippen molar-refractivity contribution < 1.29 is 14.3 Å². The summed E-state index contributed by atoms with van der Waals surface area (Å²) in [6.07, 6.45) is 5.21. The summed E-state index contributed by atoms with van der Waals surface area (Å²) in [4.78, 5) is 33.7. The van der Waals surface area contributed by atoms with Gasteiger partial charge in [0.15, 0.2) is 5.96 Å². The Labute approximate surface area is 188 Å². The zero-order valence-electron chi connectivity index (χ0n) is 18.5. The molecule has 1 saturated carbocycles. The number of imide groups is 1. The molecule has 32 heavy (non-hydrogen) atoms. The average Bonchev–Trinajstić information content (AvgIpc) is 3.52. The number of guanidine groups is 1. The Bertz CT molecular complexity index is 909. The van der Waals surface area contributed by atoms with Gasteiger partial charge in [-0.15, -0.1) is 0 Å².